The van der Waals surface area contributed by atoms with Gasteiger partial charge in [0.15, 0.2) is 5.06 Å². The van der Waals surface area contributed by atoms with E-state index in [1.807, 2.05) is 0 Å². The predicted molar refractivity (Wildman–Crippen MR) is 47.5 cm³/mol. The summed E-state index contributed by atoms with van der Waals surface area (Å²) in [5.74, 6) is -0.541. The van der Waals surface area contributed by atoms with E-state index in [1.54, 1.807) is 17.5 Å². The first-order chi connectivity index (χ1) is 6.18. The number of hydrogen-bond donors (Lipinski definition) is 2. The minimum absolute atomic E-state index is 0.215. The molecule has 13 heavy (non-hydrogen) atoms. The lowest BCUT2D eigenvalue weighted by Crippen LogP contribution is -2.35. The number of carbonyl (C=O) groups is 2. The summed E-state index contributed by atoms with van der Waals surface area (Å²) in [7, 11) is 0. The van der Waals surface area contributed by atoms with E-state index in [-0.39, 0.29) is 6.54 Å². The lowest BCUT2D eigenvalue weighted by Gasteiger charge is -2.00. The monoisotopic (exact) mass is 200 g/mol. The van der Waals surface area contributed by atoms with Crippen LogP contribution in [-0.4, -0.2) is 18.5 Å². The normalized spacial score (nSPS) is 9.23. The van der Waals surface area contributed by atoms with Crippen LogP contribution >= 0.6 is 11.3 Å². The van der Waals surface area contributed by atoms with Crippen molar-refractivity contribution in [2.24, 2.45) is 5.73 Å². The average molecular weight is 200 g/mol. The first kappa shape index (κ1) is 9.53. The van der Waals surface area contributed by atoms with Gasteiger partial charge >= 0.3 is 12.0 Å². The quantitative estimate of drug-likeness (QED) is 0.689. The van der Waals surface area contributed by atoms with Gasteiger partial charge in [0.1, 0.15) is 6.54 Å². The van der Waals surface area contributed by atoms with Crippen LogP contribution in [0.25, 0.3) is 0 Å². The van der Waals surface area contributed by atoms with Crippen molar-refractivity contribution in [3.05, 3.63) is 17.5 Å². The summed E-state index contributed by atoms with van der Waals surface area (Å²) in [6, 6.07) is 2.67. The molecule has 0 saturated heterocycles. The van der Waals surface area contributed by atoms with E-state index in [4.69, 9.17) is 10.5 Å². The van der Waals surface area contributed by atoms with E-state index in [9.17, 15) is 9.59 Å². The highest BCUT2D eigenvalue weighted by molar-refractivity contribution is 7.11. The smallest absolute Gasteiger partial charge is 0.331 e. The molecule has 0 aromatic carbocycles. The number of rotatable bonds is 3. The third-order valence-electron chi connectivity index (χ3n) is 1.12. The predicted octanol–water partition coefficient (Wildman–Crippen LogP) is 0.322. The van der Waals surface area contributed by atoms with Gasteiger partial charge < -0.3 is 15.8 Å². The van der Waals surface area contributed by atoms with Gasteiger partial charge in [0, 0.05) is 0 Å². The van der Waals surface area contributed by atoms with E-state index in [2.05, 4.69) is 5.32 Å². The van der Waals surface area contributed by atoms with Crippen molar-refractivity contribution in [3.63, 3.8) is 0 Å². The van der Waals surface area contributed by atoms with Crippen molar-refractivity contribution >= 4 is 23.3 Å². The number of carbonyl (C=O) groups excluding carboxylic acids is 2. The zero-order valence-corrected chi connectivity index (χ0v) is 7.47. The Morgan fingerprint density at radius 2 is 2.38 bits per heavy atom. The van der Waals surface area contributed by atoms with Gasteiger partial charge in [-0.05, 0) is 17.5 Å². The van der Waals surface area contributed by atoms with Crippen molar-refractivity contribution < 1.29 is 14.3 Å². The Labute approximate surface area is 78.5 Å². The highest BCUT2D eigenvalue weighted by atomic mass is 32.1. The summed E-state index contributed by atoms with van der Waals surface area (Å²) in [6.07, 6.45) is 0. The molecule has 1 aromatic heterocycles. The van der Waals surface area contributed by atoms with Gasteiger partial charge in [-0.1, -0.05) is 0 Å². The highest BCUT2D eigenvalue weighted by Gasteiger charge is 2.05. The SMILES string of the molecule is NC(=O)NCC(=O)Oc1cccs1. The molecule has 0 atom stereocenters. The fraction of sp³-hybridized carbons (Fsp3) is 0.143. The van der Waals surface area contributed by atoms with Gasteiger partial charge in [0.05, 0.1) is 0 Å². The zero-order chi connectivity index (χ0) is 9.68. The van der Waals surface area contributed by atoms with Crippen LogP contribution in [0.2, 0.25) is 0 Å². The molecular formula is C7H8N2O3S. The van der Waals surface area contributed by atoms with Crippen molar-refractivity contribution in [2.75, 3.05) is 6.54 Å². The second-order valence-corrected chi connectivity index (χ2v) is 3.03. The van der Waals surface area contributed by atoms with Crippen LogP contribution in [0.1, 0.15) is 0 Å². The van der Waals surface area contributed by atoms with Gasteiger partial charge in [-0.25, -0.2) is 9.59 Å². The summed E-state index contributed by atoms with van der Waals surface area (Å²) >= 11 is 1.30. The minimum Gasteiger partial charge on any atom is -0.414 e. The summed E-state index contributed by atoms with van der Waals surface area (Å²) in [5.41, 5.74) is 4.76. The number of esters is 1. The Morgan fingerprint density at radius 3 is 2.92 bits per heavy atom. The van der Waals surface area contributed by atoms with Crippen molar-refractivity contribution in [1.29, 1.82) is 0 Å². The molecule has 6 heteroatoms. The molecule has 0 unspecified atom stereocenters. The van der Waals surface area contributed by atoms with Gasteiger partial charge in [-0.2, -0.15) is 0 Å². The lowest BCUT2D eigenvalue weighted by molar-refractivity contribution is -0.132. The third kappa shape index (κ3) is 3.57. The van der Waals surface area contributed by atoms with E-state index in [1.165, 1.54) is 11.3 Å². The number of thiophene rings is 1. The molecule has 0 bridgehead atoms. The standard InChI is InChI=1S/C7H8N2O3S/c8-7(11)9-4-5(10)12-6-2-1-3-13-6/h1-3H,4H2,(H3,8,9,11). The first-order valence-corrected chi connectivity index (χ1v) is 4.34. The number of urea groups is 1. The van der Waals surface area contributed by atoms with Crippen molar-refractivity contribution in [3.8, 4) is 5.06 Å². The molecule has 1 rings (SSSR count). The first-order valence-electron chi connectivity index (χ1n) is 3.46. The van der Waals surface area contributed by atoms with Crippen LogP contribution in [-0.2, 0) is 4.79 Å². The third-order valence-corrected chi connectivity index (χ3v) is 1.86. The molecule has 0 spiro atoms. The molecular weight excluding hydrogens is 192 g/mol. The fourth-order valence-electron chi connectivity index (χ4n) is 0.629. The molecule has 2 amide bonds. The zero-order valence-electron chi connectivity index (χ0n) is 6.65. The Kier molecular flexibility index (Phi) is 3.27. The Balaban J connectivity index is 2.30. The van der Waals surface area contributed by atoms with Crippen molar-refractivity contribution in [1.82, 2.24) is 5.32 Å². The van der Waals surface area contributed by atoms with E-state index < -0.39 is 12.0 Å². The van der Waals surface area contributed by atoms with Gasteiger partial charge in [-0.15, -0.1) is 11.3 Å². The number of nitrogens with one attached hydrogen (secondary N) is 1. The maximum atomic E-state index is 10.9. The number of primary amides is 1. The molecule has 1 aromatic rings. The molecule has 0 radical (unpaired) electrons. The number of amides is 2. The number of ether oxygens (including phenoxy) is 1. The van der Waals surface area contributed by atoms with Crippen LogP contribution < -0.4 is 15.8 Å². The molecule has 0 fully saturated rings. The molecule has 1 heterocycles. The summed E-state index contributed by atoms with van der Waals surface area (Å²) in [4.78, 5) is 21.1. The number of hydrogen-bond acceptors (Lipinski definition) is 4. The Hall–Kier alpha value is -1.56. The topological polar surface area (TPSA) is 81.4 Å². The van der Waals surface area contributed by atoms with E-state index in [0.717, 1.165) is 0 Å². The van der Waals surface area contributed by atoms with Crippen molar-refractivity contribution in [2.45, 2.75) is 0 Å². The van der Waals surface area contributed by atoms with Gasteiger partial charge in [0.2, 0.25) is 0 Å². The molecule has 5 nitrogen and oxygen atoms in total. The van der Waals surface area contributed by atoms with Crippen LogP contribution in [0.4, 0.5) is 4.79 Å². The summed E-state index contributed by atoms with van der Waals surface area (Å²) in [6.45, 7) is -0.215. The Bertz CT molecular complexity index is 297. The maximum Gasteiger partial charge on any atom is 0.331 e. The molecule has 70 valence electrons. The summed E-state index contributed by atoms with van der Waals surface area (Å²) < 4.78 is 4.81. The molecule has 0 aliphatic heterocycles. The van der Waals surface area contributed by atoms with Crippen LogP contribution in [0.5, 0.6) is 5.06 Å². The van der Waals surface area contributed by atoms with Gasteiger partial charge in [0.25, 0.3) is 0 Å². The molecule has 0 aliphatic rings. The number of nitrogens with two attached hydrogens (primary N) is 1. The highest BCUT2D eigenvalue weighted by Crippen LogP contribution is 2.17. The molecule has 0 saturated carbocycles. The average Bonchev–Trinajstić information content (AvgIpc) is 2.53. The van der Waals surface area contributed by atoms with E-state index in [0.29, 0.717) is 5.06 Å². The summed E-state index contributed by atoms with van der Waals surface area (Å²) in [5, 5.41) is 4.41. The largest absolute Gasteiger partial charge is 0.414 e. The lowest BCUT2D eigenvalue weighted by atomic mass is 10.6. The maximum absolute atomic E-state index is 10.9. The minimum atomic E-state index is -0.747. The van der Waals surface area contributed by atoms with Crippen LogP contribution in [0, 0.1) is 0 Å². The second-order valence-electron chi connectivity index (χ2n) is 2.12. The fourth-order valence-corrected chi connectivity index (χ4v) is 1.22. The molecule has 3 N–H and O–H groups in total. The Morgan fingerprint density at radius 1 is 1.62 bits per heavy atom. The van der Waals surface area contributed by atoms with Crippen LogP contribution in [0.3, 0.4) is 0 Å². The van der Waals surface area contributed by atoms with Gasteiger partial charge in [-0.3, -0.25) is 0 Å². The second kappa shape index (κ2) is 4.46. The van der Waals surface area contributed by atoms with Crippen LogP contribution in [0.15, 0.2) is 17.5 Å². The van der Waals surface area contributed by atoms with E-state index >= 15 is 0 Å². The molecule has 0 aliphatic carbocycles.